The van der Waals surface area contributed by atoms with Gasteiger partial charge in [-0.3, -0.25) is 4.90 Å². The minimum atomic E-state index is -0.498. The van der Waals surface area contributed by atoms with Crippen LogP contribution in [0.5, 0.6) is 0 Å². The number of likely N-dealkylation sites (tertiary alicyclic amines) is 1. The van der Waals surface area contributed by atoms with E-state index in [1.807, 2.05) is 0 Å². The Hall–Kier alpha value is -1.59. The predicted molar refractivity (Wildman–Crippen MR) is 99.2 cm³/mol. The maximum atomic E-state index is 12.4. The highest BCUT2D eigenvalue weighted by Crippen LogP contribution is 2.37. The summed E-state index contributed by atoms with van der Waals surface area (Å²) in [5, 5.41) is 12.7. The summed E-state index contributed by atoms with van der Waals surface area (Å²) in [6, 6.07) is 10.8. The van der Waals surface area contributed by atoms with Gasteiger partial charge in [-0.15, -0.1) is 0 Å². The van der Waals surface area contributed by atoms with Crippen molar-refractivity contribution >= 4 is 6.03 Å². The molecule has 2 aliphatic rings. The quantitative estimate of drug-likeness (QED) is 0.861. The fraction of sp³-hybridized carbons (Fsp3) is 0.650. The van der Waals surface area contributed by atoms with Gasteiger partial charge < -0.3 is 15.3 Å². The number of nitrogens with one attached hydrogen (secondary N) is 1. The average molecular weight is 345 g/mol. The van der Waals surface area contributed by atoms with Crippen molar-refractivity contribution in [3.63, 3.8) is 0 Å². The first-order valence-electron chi connectivity index (χ1n) is 9.49. The van der Waals surface area contributed by atoms with Gasteiger partial charge in [0.25, 0.3) is 0 Å². The molecule has 1 heterocycles. The molecule has 5 heteroatoms. The van der Waals surface area contributed by atoms with Crippen molar-refractivity contribution in [1.82, 2.24) is 15.1 Å². The zero-order valence-corrected chi connectivity index (χ0v) is 15.4. The predicted octanol–water partition coefficient (Wildman–Crippen LogP) is 2.31. The second-order valence-electron chi connectivity index (χ2n) is 7.82. The van der Waals surface area contributed by atoms with Gasteiger partial charge in [-0.1, -0.05) is 36.8 Å². The number of carbonyl (C=O) groups excluding carboxylic acids is 1. The second-order valence-corrected chi connectivity index (χ2v) is 7.82. The van der Waals surface area contributed by atoms with Crippen molar-refractivity contribution in [3.8, 4) is 0 Å². The lowest BCUT2D eigenvalue weighted by molar-refractivity contribution is 0.136. The number of nitrogens with zero attached hydrogens (tertiary/aromatic N) is 2. The highest BCUT2D eigenvalue weighted by atomic mass is 16.3. The SMILES string of the molecule is C[C@H](O)CN(C)C(=O)N[C@@H]1CCC[C@H]2CN(Cc3ccccc3)C[C@H]21. The third kappa shape index (κ3) is 4.73. The minimum Gasteiger partial charge on any atom is -0.392 e. The number of aliphatic hydroxyl groups excluding tert-OH is 1. The van der Waals surface area contributed by atoms with Crippen molar-refractivity contribution in [2.24, 2.45) is 11.8 Å². The van der Waals surface area contributed by atoms with E-state index >= 15 is 0 Å². The first-order chi connectivity index (χ1) is 12.0. The number of aliphatic hydroxyl groups is 1. The molecule has 1 aliphatic heterocycles. The van der Waals surface area contributed by atoms with E-state index in [1.165, 1.54) is 18.4 Å². The van der Waals surface area contributed by atoms with Crippen LogP contribution in [0, 0.1) is 11.8 Å². The maximum absolute atomic E-state index is 12.4. The van der Waals surface area contributed by atoms with Crippen LogP contribution in [-0.2, 0) is 6.54 Å². The monoisotopic (exact) mass is 345 g/mol. The summed E-state index contributed by atoms with van der Waals surface area (Å²) in [7, 11) is 1.75. The van der Waals surface area contributed by atoms with E-state index in [4.69, 9.17) is 0 Å². The summed E-state index contributed by atoms with van der Waals surface area (Å²) in [6.45, 7) is 5.27. The van der Waals surface area contributed by atoms with Crippen molar-refractivity contribution < 1.29 is 9.90 Å². The van der Waals surface area contributed by atoms with Crippen LogP contribution in [0.3, 0.4) is 0 Å². The Bertz CT molecular complexity index is 563. The fourth-order valence-corrected chi connectivity index (χ4v) is 4.46. The van der Waals surface area contributed by atoms with Gasteiger partial charge in [-0.25, -0.2) is 4.79 Å². The van der Waals surface area contributed by atoms with Gasteiger partial charge in [0, 0.05) is 39.3 Å². The molecule has 0 spiro atoms. The van der Waals surface area contributed by atoms with Crippen LogP contribution in [0.25, 0.3) is 0 Å². The van der Waals surface area contributed by atoms with Crippen LogP contribution < -0.4 is 5.32 Å². The Labute approximate surface area is 151 Å². The number of likely N-dealkylation sites (N-methyl/N-ethyl adjacent to an activating group) is 1. The lowest BCUT2D eigenvalue weighted by Crippen LogP contribution is -2.50. The lowest BCUT2D eigenvalue weighted by atomic mass is 9.78. The molecule has 138 valence electrons. The van der Waals surface area contributed by atoms with E-state index in [-0.39, 0.29) is 12.1 Å². The Morgan fingerprint density at radius 2 is 2.08 bits per heavy atom. The largest absolute Gasteiger partial charge is 0.392 e. The number of hydrogen-bond donors (Lipinski definition) is 2. The number of fused-ring (bicyclic) bond motifs is 1. The number of rotatable bonds is 5. The molecule has 5 nitrogen and oxygen atoms in total. The summed E-state index contributed by atoms with van der Waals surface area (Å²) in [6.07, 6.45) is 3.02. The van der Waals surface area contributed by atoms with Gasteiger partial charge in [0.1, 0.15) is 0 Å². The molecule has 1 saturated carbocycles. The molecule has 4 atom stereocenters. The molecule has 0 bridgehead atoms. The molecule has 1 aromatic carbocycles. The summed E-state index contributed by atoms with van der Waals surface area (Å²) >= 11 is 0. The van der Waals surface area contributed by atoms with E-state index in [1.54, 1.807) is 18.9 Å². The van der Waals surface area contributed by atoms with E-state index in [0.29, 0.717) is 18.4 Å². The van der Waals surface area contributed by atoms with Crippen LogP contribution in [-0.4, -0.2) is 59.8 Å². The van der Waals surface area contributed by atoms with Gasteiger partial charge in [0.15, 0.2) is 0 Å². The Morgan fingerprint density at radius 3 is 2.80 bits per heavy atom. The van der Waals surface area contributed by atoms with E-state index in [2.05, 4.69) is 40.5 Å². The first kappa shape index (κ1) is 18.2. The third-order valence-corrected chi connectivity index (χ3v) is 5.62. The molecule has 0 aromatic heterocycles. The van der Waals surface area contributed by atoms with Crippen molar-refractivity contribution in [2.45, 2.75) is 44.9 Å². The van der Waals surface area contributed by atoms with Crippen LogP contribution >= 0.6 is 0 Å². The molecule has 2 fully saturated rings. The van der Waals surface area contributed by atoms with Crippen LogP contribution in [0.1, 0.15) is 31.7 Å². The van der Waals surface area contributed by atoms with Gasteiger partial charge in [-0.2, -0.15) is 0 Å². The van der Waals surface area contributed by atoms with Gasteiger partial charge >= 0.3 is 6.03 Å². The lowest BCUT2D eigenvalue weighted by Gasteiger charge is -2.34. The Morgan fingerprint density at radius 1 is 1.32 bits per heavy atom. The summed E-state index contributed by atoms with van der Waals surface area (Å²) < 4.78 is 0. The molecule has 1 saturated heterocycles. The highest BCUT2D eigenvalue weighted by Gasteiger charge is 2.40. The van der Waals surface area contributed by atoms with Crippen molar-refractivity contribution in [3.05, 3.63) is 35.9 Å². The molecule has 2 amide bonds. The van der Waals surface area contributed by atoms with Crippen molar-refractivity contribution in [1.29, 1.82) is 0 Å². The topological polar surface area (TPSA) is 55.8 Å². The molecular weight excluding hydrogens is 314 g/mol. The number of urea groups is 1. The molecule has 25 heavy (non-hydrogen) atoms. The van der Waals surface area contributed by atoms with Gasteiger partial charge in [0.2, 0.25) is 0 Å². The number of hydrogen-bond acceptors (Lipinski definition) is 3. The van der Waals surface area contributed by atoms with Crippen LogP contribution in [0.2, 0.25) is 0 Å². The third-order valence-electron chi connectivity index (χ3n) is 5.62. The van der Waals surface area contributed by atoms with Crippen LogP contribution in [0.4, 0.5) is 4.79 Å². The van der Waals surface area contributed by atoms with E-state index < -0.39 is 6.10 Å². The zero-order chi connectivity index (χ0) is 17.8. The molecule has 1 aromatic rings. The van der Waals surface area contributed by atoms with Crippen LogP contribution in [0.15, 0.2) is 30.3 Å². The van der Waals surface area contributed by atoms with E-state index in [0.717, 1.165) is 26.1 Å². The molecule has 0 unspecified atom stereocenters. The smallest absolute Gasteiger partial charge is 0.317 e. The summed E-state index contributed by atoms with van der Waals surface area (Å²) in [5.41, 5.74) is 1.36. The average Bonchev–Trinajstić information content (AvgIpc) is 2.98. The second kappa shape index (κ2) is 8.19. The first-order valence-corrected chi connectivity index (χ1v) is 9.49. The van der Waals surface area contributed by atoms with Gasteiger partial charge in [0.05, 0.1) is 6.10 Å². The maximum Gasteiger partial charge on any atom is 0.317 e. The van der Waals surface area contributed by atoms with E-state index in [9.17, 15) is 9.90 Å². The standard InChI is InChI=1S/C20H31N3O2/c1-15(24)11-22(2)20(25)21-19-10-6-9-17-13-23(14-18(17)19)12-16-7-4-3-5-8-16/h3-5,7-8,15,17-19,24H,6,9-14H2,1-2H3,(H,21,25)/t15-,17-,18+,19+/m0/s1. The summed E-state index contributed by atoms with van der Waals surface area (Å²) in [5.74, 6) is 1.23. The molecule has 0 radical (unpaired) electrons. The highest BCUT2D eigenvalue weighted by molar-refractivity contribution is 5.74. The number of benzene rings is 1. The molecule has 2 N–H and O–H groups in total. The molecule has 1 aliphatic carbocycles. The normalized spacial score (nSPS) is 27.6. The molecular formula is C20H31N3O2. The zero-order valence-electron chi connectivity index (χ0n) is 15.4. The summed E-state index contributed by atoms with van der Waals surface area (Å²) in [4.78, 5) is 16.5. The number of carbonyl (C=O) groups is 1. The Kier molecular flexibility index (Phi) is 5.97. The van der Waals surface area contributed by atoms with Crippen molar-refractivity contribution in [2.75, 3.05) is 26.7 Å². The molecule has 3 rings (SSSR count). The Balaban J connectivity index is 1.57. The van der Waals surface area contributed by atoms with Gasteiger partial charge in [-0.05, 0) is 37.2 Å². The number of amides is 2. The fourth-order valence-electron chi connectivity index (χ4n) is 4.46. The minimum absolute atomic E-state index is 0.0620.